The van der Waals surface area contributed by atoms with Crippen molar-refractivity contribution in [1.82, 2.24) is 4.98 Å². The molecule has 3 rings (SSSR count). The van der Waals surface area contributed by atoms with Crippen molar-refractivity contribution in [2.45, 2.75) is 0 Å². The molecule has 1 aromatic heterocycles. The van der Waals surface area contributed by atoms with Gasteiger partial charge in [-0.15, -0.1) is 0 Å². The molecule has 0 saturated heterocycles. The van der Waals surface area contributed by atoms with E-state index in [1.807, 2.05) is 30.3 Å². The highest BCUT2D eigenvalue weighted by molar-refractivity contribution is 6.28. The third-order valence-corrected chi connectivity index (χ3v) is 2.11. The highest BCUT2D eigenvalue weighted by atomic mass is 16.6. The van der Waals surface area contributed by atoms with Crippen LogP contribution in [0.1, 0.15) is 0 Å². The van der Waals surface area contributed by atoms with Gasteiger partial charge >= 0.3 is 0 Å². The maximum atomic E-state index is 10.8. The summed E-state index contributed by atoms with van der Waals surface area (Å²) in [6.07, 6.45) is 1.17. The van der Waals surface area contributed by atoms with Gasteiger partial charge in [0.1, 0.15) is 6.21 Å². The summed E-state index contributed by atoms with van der Waals surface area (Å²) in [5.41, 5.74) is 0.837. The van der Waals surface area contributed by atoms with Gasteiger partial charge in [0.15, 0.2) is 6.61 Å². The average molecular weight is 230 g/mol. The number of oxime groups is 1. The van der Waals surface area contributed by atoms with Gasteiger partial charge in [-0.25, -0.2) is 0 Å². The lowest BCUT2D eigenvalue weighted by atomic mass is 10.2. The Labute approximate surface area is 96.7 Å². The zero-order chi connectivity index (χ0) is 12.1. The number of aromatic nitrogens is 1. The molecule has 86 valence electrons. The Kier molecular flexibility index (Phi) is 3.30. The van der Waals surface area contributed by atoms with Crippen molar-refractivity contribution in [3.8, 4) is 0 Å². The van der Waals surface area contributed by atoms with Gasteiger partial charge in [0.2, 0.25) is 11.3 Å². The summed E-state index contributed by atoms with van der Waals surface area (Å²) in [7, 11) is 0. The number of carbonyl (C=O) groups excluding carboxylic acids is 1. The van der Waals surface area contributed by atoms with E-state index in [9.17, 15) is 9.59 Å². The Morgan fingerprint density at radius 3 is 2.59 bits per heavy atom. The monoisotopic (exact) mass is 230 g/mol. The number of hydrogen-bond acceptors (Lipinski definition) is 4. The minimum absolute atomic E-state index is 0.0521. The largest absolute Gasteiger partial charge is 0.387 e. The van der Waals surface area contributed by atoms with Gasteiger partial charge in [0, 0.05) is 11.6 Å². The molecule has 2 aromatic rings. The minimum Gasteiger partial charge on any atom is -0.387 e. The fraction of sp³-hybridized carbons (Fsp3) is 0.0833. The zero-order valence-corrected chi connectivity index (χ0v) is 8.92. The number of Topliss-reactive ketones (excluding diaryl/α,β-unsaturated/α-hetero) is 1. The highest BCUT2D eigenvalue weighted by Crippen LogP contribution is 2.06. The van der Waals surface area contributed by atoms with Crippen molar-refractivity contribution >= 4 is 22.9 Å². The van der Waals surface area contributed by atoms with Crippen LogP contribution in [0.5, 0.6) is 0 Å². The summed E-state index contributed by atoms with van der Waals surface area (Å²) in [4.78, 5) is 27.8. The molecule has 0 aliphatic carbocycles. The molecule has 17 heavy (non-hydrogen) atoms. The second-order valence-corrected chi connectivity index (χ2v) is 3.38. The molecule has 1 aromatic carbocycles. The summed E-state index contributed by atoms with van der Waals surface area (Å²) < 4.78 is 0. The molecule has 1 aliphatic heterocycles. The van der Waals surface area contributed by atoms with E-state index < -0.39 is 0 Å². The predicted octanol–water partition coefficient (Wildman–Crippen LogP) is 1.10. The van der Waals surface area contributed by atoms with Crippen molar-refractivity contribution < 1.29 is 9.63 Å². The maximum absolute atomic E-state index is 10.8. The van der Waals surface area contributed by atoms with Crippen LogP contribution >= 0.6 is 0 Å². The Bertz CT molecular complexity index is 616. The van der Waals surface area contributed by atoms with Crippen LogP contribution in [0.25, 0.3) is 10.9 Å². The first-order chi connectivity index (χ1) is 8.25. The van der Waals surface area contributed by atoms with Crippen LogP contribution in [0, 0.1) is 0 Å². The van der Waals surface area contributed by atoms with Gasteiger partial charge in [-0.3, -0.25) is 9.59 Å². The van der Waals surface area contributed by atoms with Gasteiger partial charge in [-0.05, 0) is 17.5 Å². The van der Waals surface area contributed by atoms with Crippen molar-refractivity contribution in [3.63, 3.8) is 0 Å². The number of pyridine rings is 1. The summed E-state index contributed by atoms with van der Waals surface area (Å²) in [6, 6.07) is 11.0. The number of ketones is 1. The first kappa shape index (κ1) is 11.1. The van der Waals surface area contributed by atoms with Crippen LogP contribution in [0.2, 0.25) is 0 Å². The number of carbonyl (C=O) groups is 1. The van der Waals surface area contributed by atoms with Crippen LogP contribution < -0.4 is 5.56 Å². The third kappa shape index (κ3) is 3.01. The molecule has 0 amide bonds. The highest BCUT2D eigenvalue weighted by Gasteiger charge is 2.01. The molecular weight excluding hydrogens is 220 g/mol. The third-order valence-electron chi connectivity index (χ3n) is 2.11. The summed E-state index contributed by atoms with van der Waals surface area (Å²) in [5, 5.41) is 4.25. The summed E-state index contributed by atoms with van der Waals surface area (Å²) in [6.45, 7) is 0.125. The normalized spacial score (nSPS) is 13.1. The van der Waals surface area contributed by atoms with Gasteiger partial charge in [-0.1, -0.05) is 23.4 Å². The first-order valence-corrected chi connectivity index (χ1v) is 5.02. The molecule has 5 nitrogen and oxygen atoms in total. The number of fused-ring (bicyclic) bond motifs is 1. The summed E-state index contributed by atoms with van der Waals surface area (Å²) in [5.74, 6) is -0.0602. The van der Waals surface area contributed by atoms with E-state index in [2.05, 4.69) is 15.0 Å². The number of para-hydroxylation sites is 1. The number of H-pyrrole nitrogens is 1. The van der Waals surface area contributed by atoms with Crippen LogP contribution in [-0.2, 0) is 9.63 Å². The van der Waals surface area contributed by atoms with E-state index in [0.717, 1.165) is 10.9 Å². The zero-order valence-electron chi connectivity index (χ0n) is 8.92. The van der Waals surface area contributed by atoms with Crippen LogP contribution in [0.15, 0.2) is 46.3 Å². The molecule has 0 unspecified atom stereocenters. The smallest absolute Gasteiger partial charge is 0.248 e. The number of hydrogen-bond donors (Lipinski definition) is 1. The topological polar surface area (TPSA) is 71.5 Å². The number of nitrogens with zero attached hydrogens (tertiary/aromatic N) is 1. The lowest BCUT2D eigenvalue weighted by molar-refractivity contribution is -0.114. The fourth-order valence-corrected chi connectivity index (χ4v) is 1.33. The second kappa shape index (κ2) is 5.07. The fourth-order valence-electron chi connectivity index (χ4n) is 1.33. The van der Waals surface area contributed by atoms with Gasteiger partial charge in [0.05, 0.1) is 0 Å². The minimum atomic E-state index is -0.0602. The van der Waals surface area contributed by atoms with Crippen molar-refractivity contribution in [2.75, 3.05) is 6.61 Å². The molecule has 1 N–H and O–H groups in total. The van der Waals surface area contributed by atoms with E-state index in [4.69, 9.17) is 0 Å². The van der Waals surface area contributed by atoms with E-state index in [1.165, 1.54) is 12.3 Å². The second-order valence-electron chi connectivity index (χ2n) is 3.38. The van der Waals surface area contributed by atoms with Crippen molar-refractivity contribution in [1.29, 1.82) is 0 Å². The maximum Gasteiger partial charge on any atom is 0.248 e. The van der Waals surface area contributed by atoms with Crippen LogP contribution in [-0.4, -0.2) is 23.6 Å². The van der Waals surface area contributed by atoms with Crippen LogP contribution in [0.3, 0.4) is 0 Å². The van der Waals surface area contributed by atoms with Crippen molar-refractivity contribution in [2.24, 2.45) is 5.16 Å². The molecule has 5 heteroatoms. The van der Waals surface area contributed by atoms with Crippen LogP contribution in [0.4, 0.5) is 0 Å². The SMILES string of the molecule is O=C1C=NOC1.O=c1ccc2ccccc2[nH]1. The molecule has 1 aliphatic rings. The molecular formula is C12H10N2O3. The Morgan fingerprint density at radius 1 is 1.12 bits per heavy atom. The number of rotatable bonds is 0. The van der Waals surface area contributed by atoms with E-state index in [0.29, 0.717) is 0 Å². The molecule has 0 saturated carbocycles. The Morgan fingerprint density at radius 2 is 1.94 bits per heavy atom. The molecule has 0 atom stereocenters. The molecule has 0 radical (unpaired) electrons. The van der Waals surface area contributed by atoms with Crippen molar-refractivity contribution in [3.05, 3.63) is 46.8 Å². The standard InChI is InChI=1S/C9H7NO.C3H3NO2/c11-9-6-5-7-3-1-2-4-8(7)10-9;5-3-1-4-6-2-3/h1-6H,(H,10,11);1H,2H2. The van der Waals surface area contributed by atoms with E-state index in [1.54, 1.807) is 0 Å². The van der Waals surface area contributed by atoms with Gasteiger partial charge < -0.3 is 9.82 Å². The number of benzene rings is 1. The number of nitrogens with one attached hydrogen (secondary N) is 1. The van der Waals surface area contributed by atoms with E-state index >= 15 is 0 Å². The van der Waals surface area contributed by atoms with Gasteiger partial charge in [-0.2, -0.15) is 0 Å². The molecule has 2 heterocycles. The Hall–Kier alpha value is -2.43. The predicted molar refractivity (Wildman–Crippen MR) is 64.0 cm³/mol. The molecule has 0 fully saturated rings. The lowest BCUT2D eigenvalue weighted by Gasteiger charge is -1.93. The Balaban J connectivity index is 0.000000153. The first-order valence-electron chi connectivity index (χ1n) is 5.02. The van der Waals surface area contributed by atoms with E-state index in [-0.39, 0.29) is 17.9 Å². The summed E-state index contributed by atoms with van der Waals surface area (Å²) >= 11 is 0. The quantitative estimate of drug-likeness (QED) is 0.736. The molecule has 0 bridgehead atoms. The van der Waals surface area contributed by atoms with Gasteiger partial charge in [0.25, 0.3) is 0 Å². The number of aromatic amines is 1. The average Bonchev–Trinajstić information content (AvgIpc) is 2.81. The lowest BCUT2D eigenvalue weighted by Crippen LogP contribution is -2.01. The molecule has 0 spiro atoms.